The van der Waals surface area contributed by atoms with Crippen LogP contribution in [0.3, 0.4) is 0 Å². The number of rotatable bonds is 6. The third-order valence-corrected chi connectivity index (χ3v) is 5.54. The van der Waals surface area contributed by atoms with Crippen molar-refractivity contribution >= 4 is 23.2 Å². The van der Waals surface area contributed by atoms with Crippen molar-refractivity contribution in [1.82, 2.24) is 14.7 Å². The minimum absolute atomic E-state index is 0.0513. The molecule has 2 aromatic rings. The summed E-state index contributed by atoms with van der Waals surface area (Å²) in [4.78, 5) is 38.3. The highest BCUT2D eigenvalue weighted by Gasteiger charge is 2.25. The number of primary amides is 1. The van der Waals surface area contributed by atoms with Crippen molar-refractivity contribution < 1.29 is 9.59 Å². The van der Waals surface area contributed by atoms with Crippen molar-refractivity contribution in [2.75, 3.05) is 13.1 Å². The fourth-order valence-electron chi connectivity index (χ4n) is 3.12. The highest BCUT2D eigenvalue weighted by molar-refractivity contribution is 7.13. The quantitative estimate of drug-likeness (QED) is 0.828. The van der Waals surface area contributed by atoms with Gasteiger partial charge in [-0.2, -0.15) is 5.10 Å². The standard InChI is InChI=1S/C18H22N4O3S/c19-18(25)13-7-10-21(11-8-13)16(23)4-1-9-22-17(24)6-5-14(20-22)15-3-2-12-26-15/h2-3,5-6,12-13H,1,4,7-11H2,(H2,19,25). The van der Waals surface area contributed by atoms with Gasteiger partial charge >= 0.3 is 0 Å². The van der Waals surface area contributed by atoms with Gasteiger partial charge < -0.3 is 10.6 Å². The number of nitrogens with zero attached hydrogens (tertiary/aromatic N) is 3. The van der Waals surface area contributed by atoms with Crippen LogP contribution < -0.4 is 11.3 Å². The summed E-state index contributed by atoms with van der Waals surface area (Å²) in [5.41, 5.74) is 5.91. The summed E-state index contributed by atoms with van der Waals surface area (Å²) in [5, 5.41) is 6.36. The molecule has 7 nitrogen and oxygen atoms in total. The Morgan fingerprint density at radius 2 is 2.00 bits per heavy atom. The summed E-state index contributed by atoms with van der Waals surface area (Å²) in [6, 6.07) is 7.13. The average molecular weight is 374 g/mol. The molecule has 1 aliphatic rings. The summed E-state index contributed by atoms with van der Waals surface area (Å²) in [6.45, 7) is 1.54. The molecule has 0 unspecified atom stereocenters. The van der Waals surface area contributed by atoms with Crippen LogP contribution in [-0.4, -0.2) is 39.6 Å². The van der Waals surface area contributed by atoms with E-state index in [9.17, 15) is 14.4 Å². The summed E-state index contributed by atoms with van der Waals surface area (Å²) in [6.07, 6.45) is 2.17. The van der Waals surface area contributed by atoms with E-state index < -0.39 is 0 Å². The van der Waals surface area contributed by atoms with Gasteiger partial charge in [0.2, 0.25) is 11.8 Å². The number of piperidine rings is 1. The van der Waals surface area contributed by atoms with Gasteiger partial charge in [0, 0.05) is 38.0 Å². The van der Waals surface area contributed by atoms with Crippen molar-refractivity contribution in [2.45, 2.75) is 32.2 Å². The van der Waals surface area contributed by atoms with Gasteiger partial charge in [-0.15, -0.1) is 11.3 Å². The largest absolute Gasteiger partial charge is 0.369 e. The molecule has 26 heavy (non-hydrogen) atoms. The molecule has 0 bridgehead atoms. The molecule has 3 heterocycles. The SMILES string of the molecule is NC(=O)C1CCN(C(=O)CCCn2nc(-c3cccs3)ccc2=O)CC1. The van der Waals surface area contributed by atoms with Gasteiger partial charge in [-0.05, 0) is 36.8 Å². The third-order valence-electron chi connectivity index (χ3n) is 4.65. The van der Waals surface area contributed by atoms with Crippen molar-refractivity contribution in [3.8, 4) is 10.6 Å². The number of hydrogen-bond donors (Lipinski definition) is 1. The van der Waals surface area contributed by atoms with E-state index in [-0.39, 0.29) is 23.3 Å². The van der Waals surface area contributed by atoms with Gasteiger partial charge in [0.1, 0.15) is 5.69 Å². The smallest absolute Gasteiger partial charge is 0.266 e. The maximum Gasteiger partial charge on any atom is 0.266 e. The lowest BCUT2D eigenvalue weighted by Crippen LogP contribution is -2.41. The zero-order chi connectivity index (χ0) is 18.5. The molecule has 0 aromatic carbocycles. The molecule has 0 saturated carbocycles. The van der Waals surface area contributed by atoms with Gasteiger partial charge in [-0.25, -0.2) is 4.68 Å². The topological polar surface area (TPSA) is 98.3 Å². The summed E-state index contributed by atoms with van der Waals surface area (Å²) in [7, 11) is 0. The molecule has 1 aliphatic heterocycles. The maximum atomic E-state index is 12.3. The molecule has 8 heteroatoms. The Balaban J connectivity index is 1.52. The van der Waals surface area contributed by atoms with E-state index in [0.717, 1.165) is 10.6 Å². The second-order valence-electron chi connectivity index (χ2n) is 6.42. The Kier molecular flexibility index (Phi) is 5.82. The van der Waals surface area contributed by atoms with Gasteiger partial charge in [-0.3, -0.25) is 14.4 Å². The second-order valence-corrected chi connectivity index (χ2v) is 7.37. The van der Waals surface area contributed by atoms with Crippen LogP contribution in [0, 0.1) is 5.92 Å². The highest BCUT2D eigenvalue weighted by Crippen LogP contribution is 2.21. The average Bonchev–Trinajstić information content (AvgIpc) is 3.18. The first-order chi connectivity index (χ1) is 12.5. The van der Waals surface area contributed by atoms with E-state index in [4.69, 9.17) is 5.73 Å². The first-order valence-corrected chi connectivity index (χ1v) is 9.61. The minimum Gasteiger partial charge on any atom is -0.369 e. The number of hydrogen-bond acceptors (Lipinski definition) is 5. The lowest BCUT2D eigenvalue weighted by Gasteiger charge is -2.30. The number of aryl methyl sites for hydroxylation is 1. The molecule has 0 radical (unpaired) electrons. The number of carbonyl (C=O) groups is 2. The number of aromatic nitrogens is 2. The van der Waals surface area contributed by atoms with Crippen LogP contribution in [0.2, 0.25) is 0 Å². The zero-order valence-electron chi connectivity index (χ0n) is 14.5. The Labute approximate surface area is 155 Å². The van der Waals surface area contributed by atoms with E-state index in [0.29, 0.717) is 45.3 Å². The van der Waals surface area contributed by atoms with E-state index >= 15 is 0 Å². The van der Waals surface area contributed by atoms with Crippen LogP contribution in [0.15, 0.2) is 34.4 Å². The van der Waals surface area contributed by atoms with Crippen molar-refractivity contribution in [3.63, 3.8) is 0 Å². The van der Waals surface area contributed by atoms with Crippen molar-refractivity contribution in [1.29, 1.82) is 0 Å². The number of nitrogens with two attached hydrogens (primary N) is 1. The fourth-order valence-corrected chi connectivity index (χ4v) is 3.81. The third kappa shape index (κ3) is 4.37. The zero-order valence-corrected chi connectivity index (χ0v) is 15.3. The van der Waals surface area contributed by atoms with Crippen molar-refractivity contribution in [2.24, 2.45) is 11.7 Å². The van der Waals surface area contributed by atoms with E-state index in [1.165, 1.54) is 10.7 Å². The molecule has 0 aliphatic carbocycles. The van der Waals surface area contributed by atoms with Crippen LogP contribution in [0.5, 0.6) is 0 Å². The number of likely N-dealkylation sites (tertiary alicyclic amines) is 1. The van der Waals surface area contributed by atoms with Gasteiger partial charge in [-0.1, -0.05) is 6.07 Å². The number of thiophene rings is 1. The van der Waals surface area contributed by atoms with Gasteiger partial charge in [0.25, 0.3) is 5.56 Å². The van der Waals surface area contributed by atoms with E-state index in [1.807, 2.05) is 17.5 Å². The van der Waals surface area contributed by atoms with Crippen molar-refractivity contribution in [3.05, 3.63) is 40.0 Å². The van der Waals surface area contributed by atoms with Gasteiger partial charge in [0.05, 0.1) is 4.88 Å². The molecule has 0 spiro atoms. The number of amides is 2. The second kappa shape index (κ2) is 8.27. The monoisotopic (exact) mass is 374 g/mol. The first kappa shape index (κ1) is 18.3. The highest BCUT2D eigenvalue weighted by atomic mass is 32.1. The summed E-state index contributed by atoms with van der Waals surface area (Å²) >= 11 is 1.57. The predicted molar refractivity (Wildman–Crippen MR) is 99.5 cm³/mol. The predicted octanol–water partition coefficient (Wildman–Crippen LogP) is 1.48. The molecular formula is C18H22N4O3S. The molecule has 2 aromatic heterocycles. The van der Waals surface area contributed by atoms with Crippen LogP contribution >= 0.6 is 11.3 Å². The first-order valence-electron chi connectivity index (χ1n) is 8.74. The molecule has 3 rings (SSSR count). The van der Waals surface area contributed by atoms with Crippen LogP contribution in [0.4, 0.5) is 0 Å². The molecule has 1 fully saturated rings. The Bertz CT molecular complexity index is 823. The van der Waals surface area contributed by atoms with Gasteiger partial charge in [0.15, 0.2) is 0 Å². The minimum atomic E-state index is -0.284. The summed E-state index contributed by atoms with van der Waals surface area (Å²) < 4.78 is 1.42. The molecule has 2 N–H and O–H groups in total. The Morgan fingerprint density at radius 1 is 1.23 bits per heavy atom. The van der Waals surface area contributed by atoms with E-state index in [2.05, 4.69) is 5.10 Å². The fraction of sp³-hybridized carbons (Fsp3) is 0.444. The summed E-state index contributed by atoms with van der Waals surface area (Å²) in [5.74, 6) is -0.356. The number of carbonyl (C=O) groups excluding carboxylic acids is 2. The lowest BCUT2D eigenvalue weighted by molar-refractivity contribution is -0.135. The Hall–Kier alpha value is -2.48. The lowest BCUT2D eigenvalue weighted by atomic mass is 9.96. The Morgan fingerprint density at radius 3 is 2.65 bits per heavy atom. The normalized spacial score (nSPS) is 15.2. The van der Waals surface area contributed by atoms with Crippen LogP contribution in [-0.2, 0) is 16.1 Å². The molecule has 2 amide bonds. The van der Waals surface area contributed by atoms with E-state index in [1.54, 1.807) is 22.3 Å². The van der Waals surface area contributed by atoms with Crippen LogP contribution in [0.1, 0.15) is 25.7 Å². The maximum absolute atomic E-state index is 12.3. The van der Waals surface area contributed by atoms with Crippen LogP contribution in [0.25, 0.3) is 10.6 Å². The molecular weight excluding hydrogens is 352 g/mol. The molecule has 138 valence electrons. The molecule has 1 saturated heterocycles. The molecule has 0 atom stereocenters.